The molecular weight excluding hydrogens is 1630 g/mol. The Kier molecular flexibility index (Phi) is 51.4. The number of carbonyl (C=O) groups excluding carboxylic acids is 15. The lowest BCUT2D eigenvalue weighted by Crippen LogP contribution is -2.61. The predicted octanol–water partition coefficient (Wildman–Crippen LogP) is -1.12. The molecule has 1 aromatic heterocycles. The van der Waals surface area contributed by atoms with Crippen molar-refractivity contribution in [3.8, 4) is 0 Å². The Morgan fingerprint density at radius 1 is 0.354 bits per heavy atom. The molecule has 39 heteroatoms. The fourth-order valence-electron chi connectivity index (χ4n) is 14.2. The number of guanidine groups is 1. The average Bonchev–Trinajstić information content (AvgIpc) is 1.66. The van der Waals surface area contributed by atoms with E-state index in [2.05, 4.69) is 84.4 Å². The number of unbranched alkanes of at least 4 members (excludes halogenated alkanes) is 4. The summed E-state index contributed by atoms with van der Waals surface area (Å²) >= 11 is 0. The van der Waals surface area contributed by atoms with Gasteiger partial charge in [-0.2, -0.15) is 0 Å². The number of nitrogens with two attached hydrogens (primary N) is 8. The van der Waals surface area contributed by atoms with Gasteiger partial charge in [-0.05, 0) is 188 Å². The molecule has 3 rings (SSSR count). The normalized spacial score (nSPS) is 14.7. The lowest BCUT2D eigenvalue weighted by Gasteiger charge is -2.30. The van der Waals surface area contributed by atoms with Crippen molar-refractivity contribution in [3.05, 3.63) is 71.9 Å². The summed E-state index contributed by atoms with van der Waals surface area (Å²) in [6, 6.07) is -0.405. The van der Waals surface area contributed by atoms with E-state index in [1.807, 2.05) is 65.8 Å². The molecule has 0 saturated carbocycles. The van der Waals surface area contributed by atoms with E-state index < -0.39 is 198 Å². The number of aromatic nitrogens is 1. The van der Waals surface area contributed by atoms with Crippen LogP contribution in [0.3, 0.4) is 0 Å². The van der Waals surface area contributed by atoms with Crippen molar-refractivity contribution in [2.45, 2.75) is 290 Å². The van der Waals surface area contributed by atoms with Crippen molar-refractivity contribution in [3.63, 3.8) is 0 Å². The van der Waals surface area contributed by atoms with Crippen LogP contribution in [0.1, 0.15) is 210 Å². The molecule has 712 valence electrons. The minimum Gasteiger partial charge on any atom is -0.370 e. The molecule has 0 fully saturated rings. The van der Waals surface area contributed by atoms with Crippen molar-refractivity contribution in [2.24, 2.45) is 86.4 Å². The van der Waals surface area contributed by atoms with Crippen molar-refractivity contribution in [1.29, 1.82) is 0 Å². The Labute approximate surface area is 747 Å². The van der Waals surface area contributed by atoms with Crippen molar-refractivity contribution >= 4 is 105 Å². The number of hydrogen-bond acceptors (Lipinski definition) is 21. The summed E-state index contributed by atoms with van der Waals surface area (Å²) in [6.07, 6.45) is 5.72. The van der Waals surface area contributed by atoms with Crippen LogP contribution in [-0.2, 0) is 84.8 Å². The quantitative estimate of drug-likeness (QED) is 0.0181. The largest absolute Gasteiger partial charge is 0.370 e. The summed E-state index contributed by atoms with van der Waals surface area (Å²) in [5.41, 5.74) is 48.2. The van der Waals surface area contributed by atoms with E-state index in [1.54, 1.807) is 78.1 Å². The van der Waals surface area contributed by atoms with Gasteiger partial charge < -0.3 is 125 Å². The molecule has 31 N–H and O–H groups in total. The SMILES string of the molecule is CC[C@H](C)[C@H](NC(=O)[C@H](CCCCN)NC(=O)[C@H](CCCCN)NC(=O)[C@H](Cc1ccccc1)NC(=O)[C@H](CC(C)C)NC(=O)[C@H](CCCCN)NC(=O)[C@H](Cc1c[nH]c2ccccc12)NC(=O)CN)C(=O)NCC(=O)N[C@@H](CCCN=C(N)N)C(=O)N[C@H](C(=O)N[C@@H](CC(C)C)C(=O)N[C@@H](CCCCN)C(=O)N[C@H](C(=O)N[C@@H](CC(C)C)C(N)=O)C(C)C)C(C)C. The first kappa shape index (κ1) is 110. The Bertz CT molecular complexity index is 4010. The summed E-state index contributed by atoms with van der Waals surface area (Å²) in [5, 5.41) is 39.2. The lowest BCUT2D eigenvalue weighted by molar-refractivity contribution is -0.136. The van der Waals surface area contributed by atoms with Crippen molar-refractivity contribution < 1.29 is 71.9 Å². The predicted molar refractivity (Wildman–Crippen MR) is 488 cm³/mol. The molecule has 0 bridgehead atoms. The number of nitrogens with zero attached hydrogens (tertiary/aromatic N) is 1. The number of aromatic amines is 1. The second kappa shape index (κ2) is 59.2. The van der Waals surface area contributed by atoms with Crippen molar-refractivity contribution in [2.75, 3.05) is 45.8 Å². The molecule has 0 spiro atoms. The van der Waals surface area contributed by atoms with Gasteiger partial charge >= 0.3 is 0 Å². The number of nitrogens with one attached hydrogen (secondary N) is 15. The maximum Gasteiger partial charge on any atom is 0.243 e. The maximum absolute atomic E-state index is 15.0. The van der Waals surface area contributed by atoms with E-state index >= 15 is 4.79 Å². The molecule has 0 aliphatic heterocycles. The van der Waals surface area contributed by atoms with Gasteiger partial charge in [-0.1, -0.05) is 138 Å². The number of para-hydroxylation sites is 1. The van der Waals surface area contributed by atoms with Crippen LogP contribution in [0.4, 0.5) is 0 Å². The Hall–Kier alpha value is -10.9. The lowest BCUT2D eigenvalue weighted by atomic mass is 9.97. The fraction of sp³-hybridized carbons (Fsp3) is 0.659. The number of amides is 15. The van der Waals surface area contributed by atoms with Crippen LogP contribution in [0.5, 0.6) is 0 Å². The van der Waals surface area contributed by atoms with E-state index in [1.165, 1.54) is 0 Å². The standard InChI is InChI=1S/C88H150N24O15/c1-13-55(12)74(85(125)99-49-71(114)100-60(36-27-41-97-88(95)96)78(118)110-73(54(10)11)87(127)109-67(44-52(6)7)81(121)105-63(34-21-25-39-91)79(119)111-72(53(8)9)86(126)106-65(75(94)115)42-50(2)3)112-80(120)64(35-22-26-40-92)102-76(116)61(32-19-23-37-89)103-83(123)68(45-56-28-15-14-16-29-56)108-82(122)66(43-51(4)5)107-77(117)62(33-20-24-38-90)104-84(124)69(101-70(113)47-93)46-57-48-98-59-31-18-17-30-58(57)59/h14-18,28-31,48,50-55,60-69,72-74,98H,13,19-27,32-47,49,89-93H2,1-12H3,(H2,94,115)(H,99,125)(H,100,114)(H,101,113)(H,102,116)(H,103,123)(H,104,124)(H,105,121)(H,106,126)(H,107,117)(H,108,122)(H,109,127)(H,110,118)(H,111,119)(H,112,120)(H4,95,96,97)/t55-,60-,61-,62-,63-,64-,65-,66-,67-,68-,69-,72-,73-,74-/m0/s1. The molecule has 0 aliphatic carbocycles. The van der Waals surface area contributed by atoms with Gasteiger partial charge in [-0.15, -0.1) is 0 Å². The highest BCUT2D eigenvalue weighted by molar-refractivity contribution is 6.01. The van der Waals surface area contributed by atoms with E-state index in [0.717, 1.165) is 10.9 Å². The Balaban J connectivity index is 1.94. The molecule has 0 saturated heterocycles. The van der Waals surface area contributed by atoms with E-state index in [4.69, 9.17) is 45.9 Å². The highest BCUT2D eigenvalue weighted by atomic mass is 16.2. The zero-order valence-corrected chi connectivity index (χ0v) is 76.5. The Morgan fingerprint density at radius 2 is 0.701 bits per heavy atom. The number of hydrogen-bond donors (Lipinski definition) is 23. The third-order valence-corrected chi connectivity index (χ3v) is 21.5. The number of primary amides is 1. The van der Waals surface area contributed by atoms with Gasteiger partial charge in [0.25, 0.3) is 0 Å². The van der Waals surface area contributed by atoms with Gasteiger partial charge in [-0.3, -0.25) is 76.9 Å². The van der Waals surface area contributed by atoms with E-state index in [9.17, 15) is 67.1 Å². The van der Waals surface area contributed by atoms with Crippen molar-refractivity contribution in [1.82, 2.24) is 79.4 Å². The fourth-order valence-corrected chi connectivity index (χ4v) is 14.2. The van der Waals surface area contributed by atoms with Gasteiger partial charge in [0.1, 0.15) is 78.5 Å². The number of aliphatic imine (C=N–C) groups is 1. The molecular formula is C88H150N24O15. The van der Waals surface area contributed by atoms with Gasteiger partial charge in [0.15, 0.2) is 5.96 Å². The monoisotopic (exact) mass is 1780 g/mol. The van der Waals surface area contributed by atoms with Gasteiger partial charge in [0.05, 0.1) is 13.1 Å². The first-order valence-corrected chi connectivity index (χ1v) is 44.9. The highest BCUT2D eigenvalue weighted by Gasteiger charge is 2.39. The number of rotatable bonds is 63. The van der Waals surface area contributed by atoms with Crippen LogP contribution in [0.2, 0.25) is 0 Å². The topological polar surface area (TPSA) is 661 Å². The molecule has 14 atom stereocenters. The molecule has 127 heavy (non-hydrogen) atoms. The summed E-state index contributed by atoms with van der Waals surface area (Å²) < 4.78 is 0. The first-order chi connectivity index (χ1) is 60.2. The summed E-state index contributed by atoms with van der Waals surface area (Å²) in [6.45, 7) is 21.0. The molecule has 15 amide bonds. The minimum atomic E-state index is -1.39. The molecule has 2 aromatic carbocycles. The molecule has 0 radical (unpaired) electrons. The zero-order chi connectivity index (χ0) is 95.0. The molecule has 0 aliphatic rings. The second-order valence-electron chi connectivity index (χ2n) is 34.6. The zero-order valence-electron chi connectivity index (χ0n) is 76.5. The third kappa shape index (κ3) is 41.2. The van der Waals surface area contributed by atoms with Crippen LogP contribution >= 0.6 is 0 Å². The van der Waals surface area contributed by atoms with Gasteiger partial charge in [-0.25, -0.2) is 0 Å². The van der Waals surface area contributed by atoms with Crippen LogP contribution < -0.4 is 120 Å². The number of benzene rings is 2. The summed E-state index contributed by atoms with van der Waals surface area (Å²) in [4.78, 5) is 221. The second-order valence-corrected chi connectivity index (χ2v) is 34.6. The molecule has 1 heterocycles. The van der Waals surface area contributed by atoms with E-state index in [0.29, 0.717) is 68.9 Å². The summed E-state index contributed by atoms with van der Waals surface area (Å²) in [7, 11) is 0. The average molecular weight is 1780 g/mol. The molecule has 0 unspecified atom stereocenters. The minimum absolute atomic E-state index is 0.000395. The Morgan fingerprint density at radius 3 is 1.11 bits per heavy atom. The van der Waals surface area contributed by atoms with E-state index in [-0.39, 0.29) is 127 Å². The smallest absolute Gasteiger partial charge is 0.243 e. The van der Waals surface area contributed by atoms with Gasteiger partial charge in [0, 0.05) is 36.5 Å². The first-order valence-electron chi connectivity index (χ1n) is 44.9. The highest BCUT2D eigenvalue weighted by Crippen LogP contribution is 2.22. The molecule has 39 nitrogen and oxygen atoms in total. The van der Waals surface area contributed by atoms with Crippen LogP contribution in [0.25, 0.3) is 10.9 Å². The summed E-state index contributed by atoms with van der Waals surface area (Å²) in [5.74, 6) is -13.8. The number of H-pyrrole nitrogens is 1. The van der Waals surface area contributed by atoms with Crippen LogP contribution in [0, 0.1) is 35.5 Å². The van der Waals surface area contributed by atoms with Gasteiger partial charge in [0.2, 0.25) is 88.6 Å². The number of fused-ring (bicyclic) bond motifs is 1. The van der Waals surface area contributed by atoms with Crippen LogP contribution in [-0.4, -0.2) is 224 Å². The maximum atomic E-state index is 15.0. The van der Waals surface area contributed by atoms with Crippen LogP contribution in [0.15, 0.2) is 65.8 Å². The molecule has 3 aromatic rings. The third-order valence-electron chi connectivity index (χ3n) is 21.5. The number of carbonyl (C=O) groups is 15.